The summed E-state index contributed by atoms with van der Waals surface area (Å²) in [5, 5.41) is 8.56. The summed E-state index contributed by atoms with van der Waals surface area (Å²) in [7, 11) is 3.40. The van der Waals surface area contributed by atoms with Crippen molar-refractivity contribution in [2.45, 2.75) is 13.3 Å². The van der Waals surface area contributed by atoms with E-state index in [-0.39, 0.29) is 17.4 Å². The van der Waals surface area contributed by atoms with Crippen LogP contribution in [0.5, 0.6) is 5.75 Å². The monoisotopic (exact) mass is 325 g/mol. The third-order valence-corrected chi connectivity index (χ3v) is 4.11. The topological polar surface area (TPSA) is 66.8 Å². The largest absolute Gasteiger partial charge is 0.497 e. The number of carboxylic acids is 1. The van der Waals surface area contributed by atoms with Crippen LogP contribution >= 0.6 is 11.8 Å². The van der Waals surface area contributed by atoms with Crippen LogP contribution in [0.4, 0.5) is 0 Å². The number of hydrogen-bond acceptors (Lipinski definition) is 4. The minimum absolute atomic E-state index is 0.0344. The molecule has 0 fully saturated rings. The van der Waals surface area contributed by atoms with E-state index in [4.69, 9.17) is 9.84 Å². The average molecular weight is 325 g/mol. The Hall–Kier alpha value is -1.69. The van der Waals surface area contributed by atoms with Gasteiger partial charge in [-0.2, -0.15) is 0 Å². The molecule has 1 amide bonds. The summed E-state index contributed by atoms with van der Waals surface area (Å²) in [4.78, 5) is 24.0. The molecule has 1 unspecified atom stereocenters. The SMILES string of the molecule is COc1ccc(CC(C)CN(C)C(=O)CSCC(=O)O)cc1. The van der Waals surface area contributed by atoms with Crippen LogP contribution in [0.1, 0.15) is 12.5 Å². The van der Waals surface area contributed by atoms with Crippen molar-refractivity contribution in [1.82, 2.24) is 4.90 Å². The van der Waals surface area contributed by atoms with Crippen molar-refractivity contribution in [2.75, 3.05) is 32.2 Å². The lowest BCUT2D eigenvalue weighted by molar-refractivity contribution is -0.133. The van der Waals surface area contributed by atoms with E-state index in [2.05, 4.69) is 6.92 Å². The zero-order valence-corrected chi connectivity index (χ0v) is 14.1. The maximum atomic E-state index is 11.9. The zero-order chi connectivity index (χ0) is 16.5. The quantitative estimate of drug-likeness (QED) is 0.753. The highest BCUT2D eigenvalue weighted by molar-refractivity contribution is 8.00. The molecule has 0 heterocycles. The van der Waals surface area contributed by atoms with E-state index in [1.54, 1.807) is 19.1 Å². The Morgan fingerprint density at radius 3 is 2.45 bits per heavy atom. The summed E-state index contributed by atoms with van der Waals surface area (Å²) in [6.07, 6.45) is 0.879. The van der Waals surface area contributed by atoms with Crippen molar-refractivity contribution >= 4 is 23.6 Å². The van der Waals surface area contributed by atoms with Crippen molar-refractivity contribution in [3.8, 4) is 5.75 Å². The Kier molecular flexibility index (Phi) is 7.80. The summed E-state index contributed by atoms with van der Waals surface area (Å²) < 4.78 is 5.13. The Bertz CT molecular complexity index is 489. The van der Waals surface area contributed by atoms with Gasteiger partial charge in [-0.1, -0.05) is 19.1 Å². The van der Waals surface area contributed by atoms with E-state index in [0.717, 1.165) is 23.9 Å². The number of carboxylic acid groups (broad SMARTS) is 1. The Morgan fingerprint density at radius 2 is 1.91 bits per heavy atom. The summed E-state index contributed by atoms with van der Waals surface area (Å²) in [6, 6.07) is 7.92. The molecule has 0 spiro atoms. The molecule has 0 aromatic heterocycles. The normalized spacial score (nSPS) is 11.8. The number of rotatable bonds is 9. The number of amides is 1. The molecule has 0 saturated heterocycles. The van der Waals surface area contributed by atoms with E-state index >= 15 is 0 Å². The van der Waals surface area contributed by atoms with Gasteiger partial charge in [0.2, 0.25) is 5.91 Å². The standard InChI is InChI=1S/C16H23NO4S/c1-12(8-13-4-6-14(21-3)7-5-13)9-17(2)15(18)10-22-11-16(19)20/h4-7,12H,8-11H2,1-3H3,(H,19,20). The minimum atomic E-state index is -0.895. The molecule has 0 saturated carbocycles. The summed E-state index contributed by atoms with van der Waals surface area (Å²) in [5.74, 6) is 0.395. The molecule has 0 aliphatic heterocycles. The maximum absolute atomic E-state index is 11.9. The molecule has 1 N–H and O–H groups in total. The first-order chi connectivity index (χ1) is 10.4. The van der Waals surface area contributed by atoms with Crippen molar-refractivity contribution in [1.29, 1.82) is 0 Å². The van der Waals surface area contributed by atoms with Gasteiger partial charge in [-0.15, -0.1) is 11.8 Å². The van der Waals surface area contributed by atoms with Gasteiger partial charge in [0.1, 0.15) is 5.75 Å². The minimum Gasteiger partial charge on any atom is -0.497 e. The van der Waals surface area contributed by atoms with Crippen molar-refractivity contribution in [2.24, 2.45) is 5.92 Å². The first-order valence-electron chi connectivity index (χ1n) is 7.08. The molecule has 122 valence electrons. The predicted molar refractivity (Wildman–Crippen MR) is 88.5 cm³/mol. The van der Waals surface area contributed by atoms with Crippen molar-refractivity contribution in [3.05, 3.63) is 29.8 Å². The van der Waals surface area contributed by atoms with Gasteiger partial charge >= 0.3 is 5.97 Å². The number of carbonyl (C=O) groups excluding carboxylic acids is 1. The van der Waals surface area contributed by atoms with E-state index in [9.17, 15) is 9.59 Å². The number of aliphatic carboxylic acids is 1. The Morgan fingerprint density at radius 1 is 1.27 bits per heavy atom. The summed E-state index contributed by atoms with van der Waals surface area (Å²) in [5.41, 5.74) is 1.20. The van der Waals surface area contributed by atoms with Crippen LogP contribution in [0.2, 0.25) is 0 Å². The highest BCUT2D eigenvalue weighted by Crippen LogP contribution is 2.15. The van der Waals surface area contributed by atoms with Gasteiger partial charge in [-0.25, -0.2) is 0 Å². The molecule has 0 radical (unpaired) electrons. The van der Waals surface area contributed by atoms with E-state index in [1.165, 1.54) is 5.56 Å². The van der Waals surface area contributed by atoms with Crippen LogP contribution < -0.4 is 4.74 Å². The lowest BCUT2D eigenvalue weighted by Gasteiger charge is -2.21. The lowest BCUT2D eigenvalue weighted by atomic mass is 10.0. The second-order valence-corrected chi connectivity index (χ2v) is 6.30. The number of hydrogen-bond donors (Lipinski definition) is 1. The van der Waals surface area contributed by atoms with E-state index in [1.807, 2.05) is 24.3 Å². The van der Waals surface area contributed by atoms with E-state index < -0.39 is 5.97 Å². The second-order valence-electron chi connectivity index (χ2n) is 5.32. The van der Waals surface area contributed by atoms with Gasteiger partial charge in [0.05, 0.1) is 18.6 Å². The number of carbonyl (C=O) groups is 2. The number of benzene rings is 1. The van der Waals surface area contributed by atoms with Crippen LogP contribution in [0.15, 0.2) is 24.3 Å². The van der Waals surface area contributed by atoms with Gasteiger partial charge < -0.3 is 14.7 Å². The van der Waals surface area contributed by atoms with Gasteiger partial charge in [0.25, 0.3) is 0 Å². The molecule has 1 aromatic carbocycles. The van der Waals surface area contributed by atoms with Gasteiger partial charge in [0, 0.05) is 13.6 Å². The highest BCUT2D eigenvalue weighted by atomic mass is 32.2. The third kappa shape index (κ3) is 6.85. The predicted octanol–water partition coefficient (Wildman–Crippen LogP) is 2.15. The summed E-state index contributed by atoms with van der Waals surface area (Å²) >= 11 is 1.13. The van der Waals surface area contributed by atoms with Crippen LogP contribution in [-0.2, 0) is 16.0 Å². The number of nitrogens with zero attached hydrogens (tertiary/aromatic N) is 1. The fraction of sp³-hybridized carbons (Fsp3) is 0.500. The number of thioether (sulfide) groups is 1. The molecule has 1 rings (SSSR count). The Balaban J connectivity index is 2.37. The van der Waals surface area contributed by atoms with Crippen molar-refractivity contribution in [3.63, 3.8) is 0 Å². The molecular formula is C16H23NO4S. The number of ether oxygens (including phenoxy) is 1. The third-order valence-electron chi connectivity index (χ3n) is 3.21. The highest BCUT2D eigenvalue weighted by Gasteiger charge is 2.13. The first kappa shape index (κ1) is 18.4. The number of methoxy groups -OCH3 is 1. The first-order valence-corrected chi connectivity index (χ1v) is 8.24. The molecule has 0 aliphatic rings. The van der Waals surface area contributed by atoms with Crippen LogP contribution in [0.25, 0.3) is 0 Å². The van der Waals surface area contributed by atoms with Gasteiger partial charge in [0.15, 0.2) is 0 Å². The second kappa shape index (κ2) is 9.35. The molecule has 1 atom stereocenters. The molecule has 0 bridgehead atoms. The van der Waals surface area contributed by atoms with Gasteiger partial charge in [-0.05, 0) is 30.0 Å². The van der Waals surface area contributed by atoms with E-state index in [0.29, 0.717) is 12.5 Å². The van der Waals surface area contributed by atoms with Gasteiger partial charge in [-0.3, -0.25) is 9.59 Å². The molecule has 5 nitrogen and oxygen atoms in total. The van der Waals surface area contributed by atoms with Crippen molar-refractivity contribution < 1.29 is 19.4 Å². The molecule has 0 aliphatic carbocycles. The molecule has 1 aromatic rings. The molecular weight excluding hydrogens is 302 g/mol. The fourth-order valence-corrected chi connectivity index (χ4v) is 2.81. The van der Waals surface area contributed by atoms with Crippen LogP contribution in [-0.4, -0.2) is 54.1 Å². The Labute approximate surface area is 135 Å². The van der Waals surface area contributed by atoms with Crippen LogP contribution in [0.3, 0.4) is 0 Å². The smallest absolute Gasteiger partial charge is 0.313 e. The van der Waals surface area contributed by atoms with Crippen LogP contribution in [0, 0.1) is 5.92 Å². The average Bonchev–Trinajstić information content (AvgIpc) is 2.47. The molecule has 22 heavy (non-hydrogen) atoms. The fourth-order valence-electron chi connectivity index (χ4n) is 2.13. The molecule has 6 heteroatoms. The zero-order valence-electron chi connectivity index (χ0n) is 13.2. The maximum Gasteiger partial charge on any atom is 0.313 e. The summed E-state index contributed by atoms with van der Waals surface area (Å²) in [6.45, 7) is 2.75. The lowest BCUT2D eigenvalue weighted by Crippen LogP contribution is -2.33.